The van der Waals surface area contributed by atoms with Gasteiger partial charge in [0.1, 0.15) is 5.78 Å². The Balaban J connectivity index is 3.17. The van der Waals surface area contributed by atoms with Crippen LogP contribution < -0.4 is 0 Å². The first kappa shape index (κ1) is 12.6. The van der Waals surface area contributed by atoms with Gasteiger partial charge in [-0.05, 0) is 19.3 Å². The average molecular weight is 188 g/mol. The van der Waals surface area contributed by atoms with Crippen LogP contribution in [0.2, 0.25) is 0 Å². The molecule has 0 aliphatic rings. The maximum Gasteiger partial charge on any atom is 0.130 e. The summed E-state index contributed by atoms with van der Waals surface area (Å²) in [5, 5.41) is 0. The number of carbonyl (C=O) groups excluding carboxylic acids is 1. The normalized spacial score (nSPS) is 12.8. The standard InChI is InChI=1S/C10H20O3/c1-4-5-6-12-13-8-9(2)7-10(3)11/h9H,4-8H2,1-3H3. The molecule has 0 N–H and O–H groups in total. The zero-order valence-corrected chi connectivity index (χ0v) is 8.84. The fourth-order valence-corrected chi connectivity index (χ4v) is 0.976. The number of hydrogen-bond donors (Lipinski definition) is 0. The molecule has 0 amide bonds. The summed E-state index contributed by atoms with van der Waals surface area (Å²) in [4.78, 5) is 20.6. The van der Waals surface area contributed by atoms with Crippen molar-refractivity contribution in [1.82, 2.24) is 0 Å². The van der Waals surface area contributed by atoms with Crippen LogP contribution in [0.5, 0.6) is 0 Å². The monoisotopic (exact) mass is 188 g/mol. The first-order valence-electron chi connectivity index (χ1n) is 4.90. The van der Waals surface area contributed by atoms with Gasteiger partial charge in [-0.2, -0.15) is 0 Å². The number of Topliss-reactive ketones (excluding diaryl/α,β-unsaturated/α-hetero) is 1. The van der Waals surface area contributed by atoms with Crippen molar-refractivity contribution in [3.05, 3.63) is 0 Å². The number of rotatable bonds is 8. The quantitative estimate of drug-likeness (QED) is 0.333. The number of hydrogen-bond acceptors (Lipinski definition) is 3. The molecule has 1 atom stereocenters. The van der Waals surface area contributed by atoms with Gasteiger partial charge < -0.3 is 4.79 Å². The lowest BCUT2D eigenvalue weighted by Gasteiger charge is -2.08. The molecule has 13 heavy (non-hydrogen) atoms. The van der Waals surface area contributed by atoms with Crippen molar-refractivity contribution in [3.8, 4) is 0 Å². The van der Waals surface area contributed by atoms with E-state index >= 15 is 0 Å². The van der Waals surface area contributed by atoms with Gasteiger partial charge in [-0.25, -0.2) is 9.78 Å². The van der Waals surface area contributed by atoms with Crippen LogP contribution in [0.4, 0.5) is 0 Å². The molecule has 0 fully saturated rings. The van der Waals surface area contributed by atoms with Crippen LogP contribution in [0.25, 0.3) is 0 Å². The van der Waals surface area contributed by atoms with Gasteiger partial charge in [-0.15, -0.1) is 0 Å². The van der Waals surface area contributed by atoms with E-state index in [-0.39, 0.29) is 11.7 Å². The Kier molecular flexibility index (Phi) is 7.94. The SMILES string of the molecule is CCCCOOCC(C)CC(C)=O. The van der Waals surface area contributed by atoms with Gasteiger partial charge >= 0.3 is 0 Å². The number of unbranched alkanes of at least 4 members (excludes halogenated alkanes) is 1. The molecular formula is C10H20O3. The molecule has 3 heteroatoms. The second kappa shape index (κ2) is 8.20. The molecule has 0 aromatic rings. The molecule has 0 radical (unpaired) electrons. The third-order valence-electron chi connectivity index (χ3n) is 1.65. The van der Waals surface area contributed by atoms with Crippen LogP contribution in [0.1, 0.15) is 40.0 Å². The molecule has 1 unspecified atom stereocenters. The second-order valence-corrected chi connectivity index (χ2v) is 3.47. The predicted molar refractivity (Wildman–Crippen MR) is 51.3 cm³/mol. The first-order chi connectivity index (χ1) is 6.16. The summed E-state index contributed by atoms with van der Waals surface area (Å²) in [7, 11) is 0. The molecule has 0 saturated heterocycles. The fraction of sp³-hybridized carbons (Fsp3) is 0.900. The minimum absolute atomic E-state index is 0.199. The third kappa shape index (κ3) is 9.50. The molecule has 0 saturated carbocycles. The largest absolute Gasteiger partial charge is 0.300 e. The smallest absolute Gasteiger partial charge is 0.130 e. The highest BCUT2D eigenvalue weighted by Gasteiger charge is 2.05. The predicted octanol–water partition coefficient (Wildman–Crippen LogP) is 2.35. The molecule has 0 rings (SSSR count). The van der Waals surface area contributed by atoms with Gasteiger partial charge in [0, 0.05) is 6.42 Å². The summed E-state index contributed by atoms with van der Waals surface area (Å²) in [5.41, 5.74) is 0. The van der Waals surface area contributed by atoms with Gasteiger partial charge in [-0.1, -0.05) is 20.3 Å². The van der Waals surface area contributed by atoms with Crippen LogP contribution in [0.3, 0.4) is 0 Å². The van der Waals surface area contributed by atoms with E-state index in [9.17, 15) is 4.79 Å². The third-order valence-corrected chi connectivity index (χ3v) is 1.65. The first-order valence-corrected chi connectivity index (χ1v) is 4.90. The van der Waals surface area contributed by atoms with E-state index in [1.165, 1.54) is 0 Å². The van der Waals surface area contributed by atoms with Crippen molar-refractivity contribution < 1.29 is 14.6 Å². The summed E-state index contributed by atoms with van der Waals surface area (Å²) in [5.74, 6) is 0.448. The van der Waals surface area contributed by atoms with Crippen LogP contribution in [-0.2, 0) is 14.6 Å². The lowest BCUT2D eigenvalue weighted by molar-refractivity contribution is -0.300. The molecule has 0 aromatic carbocycles. The van der Waals surface area contributed by atoms with E-state index in [1.54, 1.807) is 6.92 Å². The minimum atomic E-state index is 0.199. The van der Waals surface area contributed by atoms with Crippen molar-refractivity contribution >= 4 is 5.78 Å². The van der Waals surface area contributed by atoms with E-state index < -0.39 is 0 Å². The maximum atomic E-state index is 10.7. The van der Waals surface area contributed by atoms with E-state index in [1.807, 2.05) is 6.92 Å². The van der Waals surface area contributed by atoms with Gasteiger partial charge in [0.15, 0.2) is 0 Å². The van der Waals surface area contributed by atoms with Crippen LogP contribution >= 0.6 is 0 Å². The van der Waals surface area contributed by atoms with E-state index in [0.29, 0.717) is 19.6 Å². The van der Waals surface area contributed by atoms with Crippen LogP contribution in [0.15, 0.2) is 0 Å². The Bertz CT molecular complexity index is 134. The minimum Gasteiger partial charge on any atom is -0.300 e. The number of carbonyl (C=O) groups is 1. The van der Waals surface area contributed by atoms with Crippen molar-refractivity contribution in [2.45, 2.75) is 40.0 Å². The highest BCUT2D eigenvalue weighted by Crippen LogP contribution is 2.03. The molecule has 0 heterocycles. The molecule has 0 aromatic heterocycles. The van der Waals surface area contributed by atoms with Gasteiger partial charge in [0.05, 0.1) is 13.2 Å². The zero-order chi connectivity index (χ0) is 10.1. The number of ketones is 1. The van der Waals surface area contributed by atoms with Gasteiger partial charge in [0.2, 0.25) is 0 Å². The summed E-state index contributed by atoms with van der Waals surface area (Å²) in [6.45, 7) is 6.81. The van der Waals surface area contributed by atoms with E-state index in [4.69, 9.17) is 9.78 Å². The van der Waals surface area contributed by atoms with Crippen LogP contribution in [-0.4, -0.2) is 19.0 Å². The van der Waals surface area contributed by atoms with Crippen LogP contribution in [0, 0.1) is 5.92 Å². The summed E-state index contributed by atoms with van der Waals surface area (Å²) in [6.07, 6.45) is 2.69. The van der Waals surface area contributed by atoms with Gasteiger partial charge in [0.25, 0.3) is 0 Å². The zero-order valence-electron chi connectivity index (χ0n) is 8.84. The molecule has 3 nitrogen and oxygen atoms in total. The highest BCUT2D eigenvalue weighted by atomic mass is 17.2. The maximum absolute atomic E-state index is 10.7. The second-order valence-electron chi connectivity index (χ2n) is 3.47. The Morgan fingerprint density at radius 3 is 2.62 bits per heavy atom. The molecule has 78 valence electrons. The molecule has 0 spiro atoms. The molecular weight excluding hydrogens is 168 g/mol. The van der Waals surface area contributed by atoms with Crippen molar-refractivity contribution in [2.24, 2.45) is 5.92 Å². The van der Waals surface area contributed by atoms with Gasteiger partial charge in [-0.3, -0.25) is 0 Å². The highest BCUT2D eigenvalue weighted by molar-refractivity contribution is 5.75. The lowest BCUT2D eigenvalue weighted by Crippen LogP contribution is -2.10. The average Bonchev–Trinajstić information content (AvgIpc) is 2.02. The molecule has 0 aliphatic heterocycles. The fourth-order valence-electron chi connectivity index (χ4n) is 0.976. The lowest BCUT2D eigenvalue weighted by atomic mass is 10.1. The molecule has 0 aliphatic carbocycles. The topological polar surface area (TPSA) is 35.5 Å². The Labute approximate surface area is 80.3 Å². The van der Waals surface area contributed by atoms with Crippen molar-refractivity contribution in [2.75, 3.05) is 13.2 Å². The van der Waals surface area contributed by atoms with E-state index in [0.717, 1.165) is 12.8 Å². The Morgan fingerprint density at radius 1 is 1.38 bits per heavy atom. The summed E-state index contributed by atoms with van der Waals surface area (Å²) in [6, 6.07) is 0. The van der Waals surface area contributed by atoms with E-state index in [2.05, 4.69) is 6.92 Å². The van der Waals surface area contributed by atoms with Crippen molar-refractivity contribution in [3.63, 3.8) is 0 Å². The van der Waals surface area contributed by atoms with Crippen molar-refractivity contribution in [1.29, 1.82) is 0 Å². The summed E-state index contributed by atoms with van der Waals surface area (Å²) >= 11 is 0. The Hall–Kier alpha value is -0.410. The summed E-state index contributed by atoms with van der Waals surface area (Å²) < 4.78 is 0. The molecule has 0 bridgehead atoms. The Morgan fingerprint density at radius 2 is 2.08 bits per heavy atom.